The number of hydrogen-bond donors (Lipinski definition) is 1. The van der Waals surface area contributed by atoms with Crippen molar-refractivity contribution >= 4 is 43.9 Å². The van der Waals surface area contributed by atoms with Crippen molar-refractivity contribution in [3.8, 4) is 0 Å². The Bertz CT molecular complexity index is 644. The molecule has 0 spiro atoms. The second kappa shape index (κ2) is 9.18. The van der Waals surface area contributed by atoms with Crippen LogP contribution >= 0.6 is 38.2 Å². The Balaban J connectivity index is 3.62. The Labute approximate surface area is 184 Å². The molecular weight excluding hydrogens is 485 g/mol. The first-order chi connectivity index (χ1) is 12.1. The highest BCUT2D eigenvalue weighted by molar-refractivity contribution is 9.39. The molecule has 0 aliphatic heterocycles. The van der Waals surface area contributed by atoms with Crippen LogP contribution < -0.4 is 5.09 Å². The summed E-state index contributed by atoms with van der Waals surface area (Å²) in [5, 5.41) is 3.76. The van der Waals surface area contributed by atoms with E-state index in [4.69, 9.17) is 4.74 Å². The summed E-state index contributed by atoms with van der Waals surface area (Å²) < 4.78 is 6.30. The van der Waals surface area contributed by atoms with E-state index in [2.05, 4.69) is 117 Å². The zero-order valence-corrected chi connectivity index (χ0v) is 22.6. The zero-order chi connectivity index (χ0) is 21.2. The molecule has 1 rings (SSSR count). The van der Waals surface area contributed by atoms with Gasteiger partial charge in [-0.2, -0.15) is 0 Å². The second-order valence-electron chi connectivity index (χ2n) is 9.99. The number of rotatable bonds is 5. The summed E-state index contributed by atoms with van der Waals surface area (Å²) in [7, 11) is 0. The molecule has 0 aliphatic rings. The van der Waals surface area contributed by atoms with Crippen molar-refractivity contribution in [3.05, 3.63) is 39.3 Å². The summed E-state index contributed by atoms with van der Waals surface area (Å²) in [4.78, 5) is 0. The molecule has 0 bridgehead atoms. The molecule has 5 heteroatoms. The van der Waals surface area contributed by atoms with Crippen LogP contribution in [0.5, 0.6) is 0 Å². The first-order valence-electron chi connectivity index (χ1n) is 9.48. The van der Waals surface area contributed by atoms with Crippen LogP contribution in [-0.2, 0) is 21.0 Å². The normalized spacial score (nSPS) is 14.9. The minimum Gasteiger partial charge on any atom is -0.487 e. The van der Waals surface area contributed by atoms with Gasteiger partial charge in [0.25, 0.3) is 0 Å². The van der Waals surface area contributed by atoms with E-state index in [9.17, 15) is 0 Å². The first kappa shape index (κ1) is 25.0. The van der Waals surface area contributed by atoms with Gasteiger partial charge in [0.05, 0.1) is 13.4 Å². The molecule has 154 valence electrons. The lowest BCUT2D eigenvalue weighted by Crippen LogP contribution is -2.23. The summed E-state index contributed by atoms with van der Waals surface area (Å²) in [6.45, 7) is 22.5. The van der Waals surface area contributed by atoms with E-state index in [1.165, 1.54) is 22.4 Å². The quantitative estimate of drug-likeness (QED) is 0.309. The zero-order valence-electron chi connectivity index (χ0n) is 18.6. The molecule has 0 saturated heterocycles. The van der Waals surface area contributed by atoms with Crippen molar-refractivity contribution < 1.29 is 4.74 Å². The monoisotopic (exact) mass is 519 g/mol. The van der Waals surface area contributed by atoms with Crippen molar-refractivity contribution in [2.75, 3.05) is 11.7 Å². The molecular formula is C22H36Br2NOP. The number of halogens is 2. The fourth-order valence-electron chi connectivity index (χ4n) is 2.78. The van der Waals surface area contributed by atoms with Crippen LogP contribution in [-0.4, -0.2) is 6.61 Å². The fraction of sp³-hybridized carbons (Fsp3) is 0.636. The number of hydrogen-bond acceptors (Lipinski definition) is 2. The molecule has 0 radical (unpaired) electrons. The Morgan fingerprint density at radius 2 is 1.41 bits per heavy atom. The van der Waals surface area contributed by atoms with Gasteiger partial charge in [-0.1, -0.05) is 74.4 Å². The summed E-state index contributed by atoms with van der Waals surface area (Å²) in [6, 6.07) is 4.77. The molecule has 1 aromatic carbocycles. The molecule has 0 aromatic heterocycles. The SMILES string of the molecule is CCO/C(Br)=C/P(Br)Nc1c(C(C)(C)C)cc(C(C)(C)C)cc1C(C)(C)C. The van der Waals surface area contributed by atoms with Crippen LogP contribution in [0.25, 0.3) is 0 Å². The van der Waals surface area contributed by atoms with Gasteiger partial charge in [-0.25, -0.2) is 0 Å². The Hall–Kier alpha value is -0.0500. The molecule has 0 fully saturated rings. The lowest BCUT2D eigenvalue weighted by molar-refractivity contribution is 0.261. The predicted molar refractivity (Wildman–Crippen MR) is 131 cm³/mol. The molecule has 27 heavy (non-hydrogen) atoms. The van der Waals surface area contributed by atoms with E-state index in [0.717, 1.165) is 4.67 Å². The maximum Gasteiger partial charge on any atom is 0.165 e. The molecule has 1 N–H and O–H groups in total. The van der Waals surface area contributed by atoms with E-state index < -0.39 is 6.77 Å². The summed E-state index contributed by atoms with van der Waals surface area (Å²) in [6.07, 6.45) is 0. The van der Waals surface area contributed by atoms with Crippen molar-refractivity contribution in [2.24, 2.45) is 0 Å². The smallest absolute Gasteiger partial charge is 0.165 e. The van der Waals surface area contributed by atoms with Crippen LogP contribution in [0.3, 0.4) is 0 Å². The van der Waals surface area contributed by atoms with Crippen LogP contribution in [0.1, 0.15) is 85.9 Å². The summed E-state index contributed by atoms with van der Waals surface area (Å²) in [5.41, 5.74) is 5.50. The van der Waals surface area contributed by atoms with E-state index in [1.807, 2.05) is 6.92 Å². The minimum atomic E-state index is -0.744. The third-order valence-corrected chi connectivity index (χ3v) is 7.19. The van der Waals surface area contributed by atoms with E-state index in [0.29, 0.717) is 6.61 Å². The molecule has 0 heterocycles. The molecule has 0 amide bonds. The topological polar surface area (TPSA) is 21.3 Å². The lowest BCUT2D eigenvalue weighted by Gasteiger charge is -2.34. The maximum absolute atomic E-state index is 5.53. The van der Waals surface area contributed by atoms with Crippen molar-refractivity contribution in [3.63, 3.8) is 0 Å². The molecule has 2 nitrogen and oxygen atoms in total. The van der Waals surface area contributed by atoms with Crippen LogP contribution in [0.4, 0.5) is 5.69 Å². The molecule has 0 saturated carbocycles. The number of benzene rings is 1. The Kier molecular flexibility index (Phi) is 8.50. The average molecular weight is 521 g/mol. The minimum absolute atomic E-state index is 0.0353. The Morgan fingerprint density at radius 1 is 0.963 bits per heavy atom. The van der Waals surface area contributed by atoms with E-state index in [-0.39, 0.29) is 16.2 Å². The van der Waals surface area contributed by atoms with Gasteiger partial charge in [0.1, 0.15) is 0 Å². The maximum atomic E-state index is 5.53. The number of nitrogens with one attached hydrogen (secondary N) is 1. The first-order valence-corrected chi connectivity index (χ1v) is 13.7. The van der Waals surface area contributed by atoms with Gasteiger partial charge >= 0.3 is 0 Å². The van der Waals surface area contributed by atoms with Crippen molar-refractivity contribution in [1.82, 2.24) is 0 Å². The van der Waals surface area contributed by atoms with Gasteiger partial charge < -0.3 is 9.82 Å². The highest BCUT2D eigenvalue weighted by Gasteiger charge is 2.29. The fourth-order valence-corrected chi connectivity index (χ4v) is 6.31. The molecule has 1 aromatic rings. The Morgan fingerprint density at radius 3 is 1.74 bits per heavy atom. The number of anilines is 1. The summed E-state index contributed by atoms with van der Waals surface area (Å²) >= 11 is 7.30. The third kappa shape index (κ3) is 7.37. The van der Waals surface area contributed by atoms with Crippen LogP contribution in [0.2, 0.25) is 0 Å². The van der Waals surface area contributed by atoms with E-state index in [1.54, 1.807) is 0 Å². The van der Waals surface area contributed by atoms with Crippen LogP contribution in [0, 0.1) is 0 Å². The van der Waals surface area contributed by atoms with Gasteiger partial charge in [-0.3, -0.25) is 0 Å². The summed E-state index contributed by atoms with van der Waals surface area (Å²) in [5.74, 6) is 2.06. The predicted octanol–water partition coefficient (Wildman–Crippen LogP) is 8.93. The third-order valence-electron chi connectivity index (χ3n) is 4.34. The molecule has 1 atom stereocenters. The van der Waals surface area contributed by atoms with Gasteiger partial charge in [0, 0.05) is 11.5 Å². The highest BCUT2D eigenvalue weighted by atomic mass is 79.9. The van der Waals surface area contributed by atoms with Crippen LogP contribution in [0.15, 0.2) is 22.6 Å². The highest BCUT2D eigenvalue weighted by Crippen LogP contribution is 2.51. The molecule has 0 aliphatic carbocycles. The number of ether oxygens (including phenoxy) is 1. The standard InChI is InChI=1S/C22H36Br2NOP/c1-11-26-18(23)14-27(24)25-19-16(21(5,6)7)12-15(20(2,3)4)13-17(19)22(8,9)10/h12-14,25H,11H2,1-10H3/b18-14+. The van der Waals surface area contributed by atoms with Gasteiger partial charge in [-0.15, -0.1) is 0 Å². The van der Waals surface area contributed by atoms with Crippen molar-refractivity contribution in [2.45, 2.75) is 85.5 Å². The average Bonchev–Trinajstić information content (AvgIpc) is 2.43. The van der Waals surface area contributed by atoms with Gasteiger partial charge in [-0.05, 0) is 71.3 Å². The van der Waals surface area contributed by atoms with Gasteiger partial charge in [0.15, 0.2) is 4.67 Å². The van der Waals surface area contributed by atoms with Crippen molar-refractivity contribution in [1.29, 1.82) is 0 Å². The largest absolute Gasteiger partial charge is 0.487 e. The van der Waals surface area contributed by atoms with E-state index >= 15 is 0 Å². The lowest BCUT2D eigenvalue weighted by atomic mass is 9.74. The second-order valence-corrected chi connectivity index (χ2v) is 14.2. The molecule has 1 unspecified atom stereocenters. The van der Waals surface area contributed by atoms with Gasteiger partial charge in [0.2, 0.25) is 0 Å².